The van der Waals surface area contributed by atoms with E-state index in [2.05, 4.69) is 13.3 Å². The topological polar surface area (TPSA) is 18.5 Å². The van der Waals surface area contributed by atoms with E-state index in [0.717, 1.165) is 19.3 Å². The molecular weight excluding hydrogens is 128 g/mol. The highest BCUT2D eigenvalue weighted by molar-refractivity contribution is 4.61. The first-order chi connectivity index (χ1) is 4.85. The fourth-order valence-corrected chi connectivity index (χ4v) is 0.790. The van der Waals surface area contributed by atoms with Crippen molar-refractivity contribution >= 4 is 0 Å². The number of ether oxygens (including phenoxy) is 2. The minimum Gasteiger partial charge on any atom is -0.356 e. The Labute approximate surface area is 63.5 Å². The van der Waals surface area contributed by atoms with Crippen molar-refractivity contribution in [2.75, 3.05) is 14.2 Å². The Bertz CT molecular complexity index is 60.3. The lowest BCUT2D eigenvalue weighted by molar-refractivity contribution is -0.105. The molecule has 0 fully saturated rings. The van der Waals surface area contributed by atoms with E-state index in [1.807, 2.05) is 0 Å². The van der Waals surface area contributed by atoms with Gasteiger partial charge in [-0.15, -0.1) is 0 Å². The van der Waals surface area contributed by atoms with Gasteiger partial charge in [0.2, 0.25) is 0 Å². The summed E-state index contributed by atoms with van der Waals surface area (Å²) in [5.74, 6) is 0. The van der Waals surface area contributed by atoms with Crippen molar-refractivity contribution in [3.63, 3.8) is 0 Å². The Hall–Kier alpha value is -0.0800. The van der Waals surface area contributed by atoms with Crippen LogP contribution in [0.25, 0.3) is 0 Å². The largest absolute Gasteiger partial charge is 0.356 e. The molecule has 0 heterocycles. The molecule has 0 bridgehead atoms. The van der Waals surface area contributed by atoms with Crippen LogP contribution in [-0.4, -0.2) is 20.5 Å². The Balaban J connectivity index is 3.09. The summed E-state index contributed by atoms with van der Waals surface area (Å²) in [5.41, 5.74) is 0. The maximum atomic E-state index is 5.00. The van der Waals surface area contributed by atoms with E-state index in [0.29, 0.717) is 0 Å². The molecule has 0 aliphatic heterocycles. The van der Waals surface area contributed by atoms with Crippen LogP contribution in [-0.2, 0) is 9.47 Å². The van der Waals surface area contributed by atoms with Crippen LogP contribution in [0.4, 0.5) is 0 Å². The normalized spacial score (nSPS) is 10.8. The summed E-state index contributed by atoms with van der Waals surface area (Å²) >= 11 is 0. The fourth-order valence-electron chi connectivity index (χ4n) is 0.790. The summed E-state index contributed by atoms with van der Waals surface area (Å²) in [6.45, 7) is 2.13. The third-order valence-electron chi connectivity index (χ3n) is 1.42. The van der Waals surface area contributed by atoms with Gasteiger partial charge in [0.05, 0.1) is 0 Å². The van der Waals surface area contributed by atoms with Gasteiger partial charge in [0.15, 0.2) is 6.29 Å². The highest BCUT2D eigenvalue weighted by Gasteiger charge is 2.02. The minimum absolute atomic E-state index is 0.0252. The number of methoxy groups -OCH3 is 2. The molecule has 0 aliphatic rings. The van der Waals surface area contributed by atoms with Gasteiger partial charge in [-0.1, -0.05) is 13.3 Å². The van der Waals surface area contributed by atoms with E-state index in [1.165, 1.54) is 0 Å². The second-order valence-electron chi connectivity index (χ2n) is 2.18. The molecule has 0 unspecified atom stereocenters. The van der Waals surface area contributed by atoms with Crippen LogP contribution in [0.5, 0.6) is 0 Å². The SMILES string of the molecule is CC[CH]CCC(OC)OC. The Kier molecular flexibility index (Phi) is 6.98. The maximum absolute atomic E-state index is 5.00. The van der Waals surface area contributed by atoms with E-state index >= 15 is 0 Å². The van der Waals surface area contributed by atoms with E-state index in [-0.39, 0.29) is 6.29 Å². The molecule has 0 aromatic rings. The van der Waals surface area contributed by atoms with Crippen molar-refractivity contribution in [3.8, 4) is 0 Å². The summed E-state index contributed by atoms with van der Waals surface area (Å²) in [6, 6.07) is 0. The van der Waals surface area contributed by atoms with Gasteiger partial charge in [-0.2, -0.15) is 0 Å². The summed E-state index contributed by atoms with van der Waals surface area (Å²) < 4.78 is 10.0. The van der Waals surface area contributed by atoms with Crippen molar-refractivity contribution in [2.45, 2.75) is 32.5 Å². The van der Waals surface area contributed by atoms with Crippen LogP contribution < -0.4 is 0 Å². The van der Waals surface area contributed by atoms with Crippen molar-refractivity contribution in [2.24, 2.45) is 0 Å². The van der Waals surface area contributed by atoms with Gasteiger partial charge >= 0.3 is 0 Å². The lowest BCUT2D eigenvalue weighted by atomic mass is 10.2. The second kappa shape index (κ2) is 7.03. The molecule has 0 N–H and O–H groups in total. The zero-order valence-electron chi connectivity index (χ0n) is 7.09. The second-order valence-corrected chi connectivity index (χ2v) is 2.18. The first kappa shape index (κ1) is 9.92. The van der Waals surface area contributed by atoms with Crippen molar-refractivity contribution < 1.29 is 9.47 Å². The third-order valence-corrected chi connectivity index (χ3v) is 1.42. The molecule has 2 nitrogen and oxygen atoms in total. The summed E-state index contributed by atoms with van der Waals surface area (Å²) in [7, 11) is 3.33. The molecule has 0 saturated carbocycles. The molecule has 0 spiro atoms. The molecule has 2 heteroatoms. The molecule has 0 aliphatic carbocycles. The van der Waals surface area contributed by atoms with Crippen LogP contribution in [0, 0.1) is 6.42 Å². The van der Waals surface area contributed by atoms with E-state index in [9.17, 15) is 0 Å². The lowest BCUT2D eigenvalue weighted by Crippen LogP contribution is -2.12. The molecule has 0 saturated heterocycles. The zero-order valence-corrected chi connectivity index (χ0v) is 7.09. The Morgan fingerprint density at radius 2 is 1.90 bits per heavy atom. The molecular formula is C8H17O2. The molecule has 61 valence electrons. The quantitative estimate of drug-likeness (QED) is 0.420. The molecule has 0 rings (SSSR count). The minimum atomic E-state index is -0.0252. The first-order valence-corrected chi connectivity index (χ1v) is 3.72. The van der Waals surface area contributed by atoms with Crippen molar-refractivity contribution in [1.82, 2.24) is 0 Å². The number of hydrogen-bond donors (Lipinski definition) is 0. The zero-order chi connectivity index (χ0) is 7.82. The van der Waals surface area contributed by atoms with E-state index in [4.69, 9.17) is 9.47 Å². The summed E-state index contributed by atoms with van der Waals surface area (Å²) in [4.78, 5) is 0. The first-order valence-electron chi connectivity index (χ1n) is 3.72. The van der Waals surface area contributed by atoms with Gasteiger partial charge in [-0.3, -0.25) is 0 Å². The van der Waals surface area contributed by atoms with Crippen LogP contribution in [0.1, 0.15) is 26.2 Å². The Morgan fingerprint density at radius 3 is 2.30 bits per heavy atom. The van der Waals surface area contributed by atoms with Gasteiger partial charge in [0, 0.05) is 14.2 Å². The smallest absolute Gasteiger partial charge is 0.156 e. The molecule has 0 amide bonds. The maximum Gasteiger partial charge on any atom is 0.156 e. The van der Waals surface area contributed by atoms with Crippen LogP contribution in [0.2, 0.25) is 0 Å². The van der Waals surface area contributed by atoms with Gasteiger partial charge in [-0.05, 0) is 19.3 Å². The summed E-state index contributed by atoms with van der Waals surface area (Å²) in [6.07, 6.45) is 5.36. The van der Waals surface area contributed by atoms with Gasteiger partial charge in [0.1, 0.15) is 0 Å². The lowest BCUT2D eigenvalue weighted by Gasteiger charge is -2.11. The Morgan fingerprint density at radius 1 is 1.30 bits per heavy atom. The predicted molar refractivity (Wildman–Crippen MR) is 41.6 cm³/mol. The predicted octanol–water partition coefficient (Wildman–Crippen LogP) is 2.00. The highest BCUT2D eigenvalue weighted by atomic mass is 16.7. The third kappa shape index (κ3) is 4.77. The van der Waals surface area contributed by atoms with Gasteiger partial charge in [-0.25, -0.2) is 0 Å². The standard InChI is InChI=1S/C8H17O2/c1-4-5-6-7-8(9-2)10-3/h5,8H,4,6-7H2,1-3H3. The average Bonchev–Trinajstić information content (AvgIpc) is 1.99. The van der Waals surface area contributed by atoms with Crippen LogP contribution in [0.3, 0.4) is 0 Å². The molecule has 1 radical (unpaired) electrons. The van der Waals surface area contributed by atoms with Crippen LogP contribution in [0.15, 0.2) is 0 Å². The highest BCUT2D eigenvalue weighted by Crippen LogP contribution is 2.04. The summed E-state index contributed by atoms with van der Waals surface area (Å²) in [5, 5.41) is 0. The van der Waals surface area contributed by atoms with E-state index in [1.54, 1.807) is 14.2 Å². The van der Waals surface area contributed by atoms with Crippen LogP contribution >= 0.6 is 0 Å². The molecule has 0 aromatic carbocycles. The van der Waals surface area contributed by atoms with Crippen molar-refractivity contribution in [1.29, 1.82) is 0 Å². The molecule has 10 heavy (non-hydrogen) atoms. The van der Waals surface area contributed by atoms with Gasteiger partial charge < -0.3 is 9.47 Å². The van der Waals surface area contributed by atoms with Gasteiger partial charge in [0.25, 0.3) is 0 Å². The van der Waals surface area contributed by atoms with Crippen molar-refractivity contribution in [3.05, 3.63) is 6.42 Å². The van der Waals surface area contributed by atoms with E-state index < -0.39 is 0 Å². The number of hydrogen-bond acceptors (Lipinski definition) is 2. The molecule has 0 atom stereocenters. The average molecular weight is 145 g/mol. The monoisotopic (exact) mass is 145 g/mol. The molecule has 0 aromatic heterocycles. The number of rotatable bonds is 6. The fraction of sp³-hybridized carbons (Fsp3) is 0.875. The number of unbranched alkanes of at least 4 members (excludes halogenated alkanes) is 2.